The standard InChI is InChI=1S/C19H20N4O3S/c1-13(14-7-9-16(10-8-14)27(25,26)20-2)22-23-19(24)11-15-12-21-18-6-4-3-5-17(15)18/h3-10,12,20-21H,11H2,1-2H3,(H,23,24)/b22-13+. The largest absolute Gasteiger partial charge is 0.361 e. The van der Waals surface area contributed by atoms with Crippen molar-refractivity contribution in [1.82, 2.24) is 15.1 Å². The fraction of sp³-hybridized carbons (Fsp3) is 0.158. The van der Waals surface area contributed by atoms with Gasteiger partial charge in [0, 0.05) is 17.1 Å². The predicted molar refractivity (Wildman–Crippen MR) is 105 cm³/mol. The summed E-state index contributed by atoms with van der Waals surface area (Å²) in [6, 6.07) is 14.1. The maximum absolute atomic E-state index is 12.2. The number of hydrogen-bond donors (Lipinski definition) is 3. The highest BCUT2D eigenvalue weighted by atomic mass is 32.2. The number of hydrogen-bond acceptors (Lipinski definition) is 4. The SMILES string of the molecule is CNS(=O)(=O)c1ccc(/C(C)=N/NC(=O)Cc2c[nH]c3ccccc23)cc1. The summed E-state index contributed by atoms with van der Waals surface area (Å²) in [7, 11) is -2.12. The number of rotatable bonds is 6. The van der Waals surface area contributed by atoms with Crippen LogP contribution >= 0.6 is 0 Å². The zero-order valence-corrected chi connectivity index (χ0v) is 15.8. The van der Waals surface area contributed by atoms with Gasteiger partial charge in [0.25, 0.3) is 0 Å². The molecule has 1 aromatic heterocycles. The molecule has 0 aliphatic rings. The first kappa shape index (κ1) is 18.8. The maximum atomic E-state index is 12.2. The molecule has 3 N–H and O–H groups in total. The summed E-state index contributed by atoms with van der Waals surface area (Å²) in [4.78, 5) is 15.5. The quantitative estimate of drug-likeness (QED) is 0.448. The van der Waals surface area contributed by atoms with Gasteiger partial charge >= 0.3 is 0 Å². The van der Waals surface area contributed by atoms with E-state index in [4.69, 9.17) is 0 Å². The monoisotopic (exact) mass is 384 g/mol. The molecule has 140 valence electrons. The van der Waals surface area contributed by atoms with Crippen molar-refractivity contribution < 1.29 is 13.2 Å². The normalized spacial score (nSPS) is 12.3. The Bertz CT molecular complexity index is 1100. The summed E-state index contributed by atoms with van der Waals surface area (Å²) in [5.74, 6) is -0.228. The van der Waals surface area contributed by atoms with Gasteiger partial charge < -0.3 is 4.98 Å². The number of H-pyrrole nitrogens is 1. The number of aromatic amines is 1. The van der Waals surface area contributed by atoms with E-state index < -0.39 is 10.0 Å². The number of carbonyl (C=O) groups excluding carboxylic acids is 1. The number of hydrazone groups is 1. The lowest BCUT2D eigenvalue weighted by atomic mass is 10.1. The lowest BCUT2D eigenvalue weighted by Gasteiger charge is -2.05. The maximum Gasteiger partial charge on any atom is 0.244 e. The van der Waals surface area contributed by atoms with Gasteiger partial charge in [0.2, 0.25) is 15.9 Å². The number of aromatic nitrogens is 1. The van der Waals surface area contributed by atoms with Crippen molar-refractivity contribution in [3.05, 3.63) is 65.9 Å². The third-order valence-electron chi connectivity index (χ3n) is 4.23. The summed E-state index contributed by atoms with van der Waals surface area (Å²) in [6.45, 7) is 1.74. The third-order valence-corrected chi connectivity index (χ3v) is 5.66. The van der Waals surface area contributed by atoms with Crippen LogP contribution in [0.3, 0.4) is 0 Å². The topological polar surface area (TPSA) is 103 Å². The summed E-state index contributed by atoms with van der Waals surface area (Å²) >= 11 is 0. The van der Waals surface area contributed by atoms with Crippen LogP contribution in [0.1, 0.15) is 18.1 Å². The van der Waals surface area contributed by atoms with Crippen LogP contribution in [0.2, 0.25) is 0 Å². The van der Waals surface area contributed by atoms with Crippen LogP contribution in [0, 0.1) is 0 Å². The van der Waals surface area contributed by atoms with E-state index in [2.05, 4.69) is 20.2 Å². The van der Waals surface area contributed by atoms with Crippen LogP contribution in [-0.2, 0) is 21.2 Å². The number of carbonyl (C=O) groups is 1. The van der Waals surface area contributed by atoms with E-state index in [-0.39, 0.29) is 17.2 Å². The van der Waals surface area contributed by atoms with Gasteiger partial charge in [0.15, 0.2) is 0 Å². The molecule has 0 radical (unpaired) electrons. The molecular weight excluding hydrogens is 364 g/mol. The van der Waals surface area contributed by atoms with Crippen LogP contribution in [0.4, 0.5) is 0 Å². The van der Waals surface area contributed by atoms with Crippen molar-refractivity contribution >= 4 is 32.5 Å². The highest BCUT2D eigenvalue weighted by molar-refractivity contribution is 7.89. The minimum Gasteiger partial charge on any atom is -0.361 e. The first-order valence-electron chi connectivity index (χ1n) is 8.33. The number of nitrogens with zero attached hydrogens (tertiary/aromatic N) is 1. The molecule has 0 saturated heterocycles. The Hall–Kier alpha value is -2.97. The van der Waals surface area contributed by atoms with Crippen LogP contribution in [0.5, 0.6) is 0 Å². The van der Waals surface area contributed by atoms with Crippen molar-refractivity contribution in [2.24, 2.45) is 5.10 Å². The number of benzene rings is 2. The molecule has 3 aromatic rings. The van der Waals surface area contributed by atoms with Crippen molar-refractivity contribution in [3.8, 4) is 0 Å². The minimum absolute atomic E-state index is 0.171. The summed E-state index contributed by atoms with van der Waals surface area (Å²) in [5, 5.41) is 5.12. The highest BCUT2D eigenvalue weighted by Gasteiger charge is 2.11. The molecule has 0 aliphatic heterocycles. The molecule has 0 spiro atoms. The molecule has 0 bridgehead atoms. The van der Waals surface area contributed by atoms with Crippen LogP contribution in [-0.4, -0.2) is 32.1 Å². The Balaban J connectivity index is 1.67. The molecule has 8 heteroatoms. The smallest absolute Gasteiger partial charge is 0.244 e. The van der Waals surface area contributed by atoms with Crippen molar-refractivity contribution in [2.45, 2.75) is 18.2 Å². The predicted octanol–water partition coefficient (Wildman–Crippen LogP) is 2.16. The third kappa shape index (κ3) is 4.24. The zero-order valence-electron chi connectivity index (χ0n) is 15.0. The Morgan fingerprint density at radius 3 is 2.52 bits per heavy atom. The van der Waals surface area contributed by atoms with E-state index in [0.29, 0.717) is 5.71 Å². The second-order valence-corrected chi connectivity index (χ2v) is 7.89. The zero-order chi connectivity index (χ0) is 19.4. The first-order valence-corrected chi connectivity index (χ1v) is 9.81. The lowest BCUT2D eigenvalue weighted by molar-refractivity contribution is -0.120. The molecule has 0 saturated carbocycles. The number of sulfonamides is 1. The Labute approximate surface area is 157 Å². The fourth-order valence-corrected chi connectivity index (χ4v) is 3.42. The molecule has 2 aromatic carbocycles. The second kappa shape index (κ2) is 7.73. The van der Waals surface area contributed by atoms with Gasteiger partial charge in [-0.15, -0.1) is 0 Å². The van der Waals surface area contributed by atoms with Gasteiger partial charge in [-0.25, -0.2) is 18.6 Å². The summed E-state index contributed by atoms with van der Waals surface area (Å²) < 4.78 is 25.7. The van der Waals surface area contributed by atoms with E-state index >= 15 is 0 Å². The molecule has 1 heterocycles. The number of nitrogens with one attached hydrogen (secondary N) is 3. The van der Waals surface area contributed by atoms with E-state index in [0.717, 1.165) is 22.0 Å². The molecule has 1 amide bonds. The summed E-state index contributed by atoms with van der Waals surface area (Å²) in [6.07, 6.45) is 2.03. The average molecular weight is 384 g/mol. The molecule has 7 nitrogen and oxygen atoms in total. The van der Waals surface area contributed by atoms with E-state index in [1.165, 1.54) is 19.2 Å². The van der Waals surface area contributed by atoms with Gasteiger partial charge in [-0.2, -0.15) is 5.10 Å². The van der Waals surface area contributed by atoms with Crippen molar-refractivity contribution in [3.63, 3.8) is 0 Å². The van der Waals surface area contributed by atoms with Crippen LogP contribution in [0.25, 0.3) is 10.9 Å². The number of amides is 1. The van der Waals surface area contributed by atoms with Gasteiger partial charge in [-0.3, -0.25) is 4.79 Å². The molecule has 27 heavy (non-hydrogen) atoms. The fourth-order valence-electron chi connectivity index (χ4n) is 2.69. The lowest BCUT2D eigenvalue weighted by Crippen LogP contribution is -2.21. The Kier molecular flexibility index (Phi) is 5.38. The van der Waals surface area contributed by atoms with Gasteiger partial charge in [-0.1, -0.05) is 30.3 Å². The molecule has 0 atom stereocenters. The van der Waals surface area contributed by atoms with Crippen LogP contribution < -0.4 is 10.1 Å². The molecule has 0 fully saturated rings. The van der Waals surface area contributed by atoms with E-state index in [1.54, 1.807) is 19.1 Å². The summed E-state index contributed by atoms with van der Waals surface area (Å²) in [5.41, 5.74) is 5.73. The van der Waals surface area contributed by atoms with Gasteiger partial charge in [-0.05, 0) is 43.3 Å². The van der Waals surface area contributed by atoms with Crippen molar-refractivity contribution in [2.75, 3.05) is 7.05 Å². The molecule has 0 unspecified atom stereocenters. The van der Waals surface area contributed by atoms with Crippen molar-refractivity contribution in [1.29, 1.82) is 0 Å². The second-order valence-electron chi connectivity index (χ2n) is 6.00. The average Bonchev–Trinajstić information content (AvgIpc) is 3.09. The molecule has 0 aliphatic carbocycles. The molecule has 3 rings (SSSR count). The number of para-hydroxylation sites is 1. The first-order chi connectivity index (χ1) is 12.9. The Morgan fingerprint density at radius 2 is 1.81 bits per heavy atom. The number of fused-ring (bicyclic) bond motifs is 1. The highest BCUT2D eigenvalue weighted by Crippen LogP contribution is 2.18. The van der Waals surface area contributed by atoms with Gasteiger partial charge in [0.05, 0.1) is 17.0 Å². The van der Waals surface area contributed by atoms with Crippen LogP contribution in [0.15, 0.2) is 64.7 Å². The van der Waals surface area contributed by atoms with E-state index in [1.807, 2.05) is 30.5 Å². The van der Waals surface area contributed by atoms with E-state index in [9.17, 15) is 13.2 Å². The molecular formula is C19H20N4O3S. The Morgan fingerprint density at radius 1 is 1.11 bits per heavy atom. The minimum atomic E-state index is -3.48. The van der Waals surface area contributed by atoms with Gasteiger partial charge in [0.1, 0.15) is 0 Å².